The maximum absolute atomic E-state index is 12.7. The van der Waals surface area contributed by atoms with Crippen molar-refractivity contribution < 1.29 is 19.2 Å². The first-order valence-corrected chi connectivity index (χ1v) is 8.38. The molecule has 0 radical (unpaired) electrons. The van der Waals surface area contributed by atoms with Crippen LogP contribution < -0.4 is 15.0 Å². The number of nitro groups is 1. The summed E-state index contributed by atoms with van der Waals surface area (Å²) < 4.78 is 5.68. The van der Waals surface area contributed by atoms with E-state index in [2.05, 4.69) is 5.32 Å². The van der Waals surface area contributed by atoms with E-state index in [1.807, 2.05) is 20.8 Å². The second-order valence-corrected chi connectivity index (χ2v) is 6.32. The zero-order chi connectivity index (χ0) is 18.6. The Morgan fingerprint density at radius 2 is 2.16 bits per heavy atom. The Labute approximate surface area is 146 Å². The van der Waals surface area contributed by atoms with Crippen molar-refractivity contribution in [1.29, 1.82) is 0 Å². The van der Waals surface area contributed by atoms with E-state index in [9.17, 15) is 19.7 Å². The number of nitrogens with zero attached hydrogens (tertiary/aromatic N) is 2. The van der Waals surface area contributed by atoms with Crippen LogP contribution in [0, 0.1) is 16.0 Å². The van der Waals surface area contributed by atoms with E-state index in [1.165, 1.54) is 23.1 Å². The van der Waals surface area contributed by atoms with Crippen molar-refractivity contribution in [3.63, 3.8) is 0 Å². The van der Waals surface area contributed by atoms with Gasteiger partial charge in [0, 0.05) is 12.6 Å². The number of nitrogens with one attached hydrogen (secondary N) is 1. The molecule has 0 bridgehead atoms. The summed E-state index contributed by atoms with van der Waals surface area (Å²) in [4.78, 5) is 36.6. The molecule has 0 saturated carbocycles. The summed E-state index contributed by atoms with van der Waals surface area (Å²) >= 11 is 0. The lowest BCUT2D eigenvalue weighted by atomic mass is 10.0. The zero-order valence-corrected chi connectivity index (χ0v) is 14.7. The summed E-state index contributed by atoms with van der Waals surface area (Å²) in [5.74, 6) is -0.475. The molecule has 8 heteroatoms. The monoisotopic (exact) mass is 349 g/mol. The Morgan fingerprint density at radius 3 is 2.76 bits per heavy atom. The molecule has 1 heterocycles. The summed E-state index contributed by atoms with van der Waals surface area (Å²) in [5.41, 5.74) is 0.251. The van der Waals surface area contributed by atoms with E-state index in [4.69, 9.17) is 4.74 Å². The molecule has 1 aromatic carbocycles. The van der Waals surface area contributed by atoms with Crippen LogP contribution in [0.2, 0.25) is 0 Å². The van der Waals surface area contributed by atoms with Crippen LogP contribution >= 0.6 is 0 Å². The number of benzene rings is 1. The van der Waals surface area contributed by atoms with Crippen LogP contribution in [0.4, 0.5) is 11.4 Å². The van der Waals surface area contributed by atoms with Gasteiger partial charge in [0.15, 0.2) is 11.9 Å². The van der Waals surface area contributed by atoms with E-state index in [1.54, 1.807) is 0 Å². The highest BCUT2D eigenvalue weighted by molar-refractivity contribution is 6.04. The van der Waals surface area contributed by atoms with Gasteiger partial charge < -0.3 is 10.1 Å². The van der Waals surface area contributed by atoms with Gasteiger partial charge in [0.25, 0.3) is 11.6 Å². The van der Waals surface area contributed by atoms with Crippen LogP contribution in [0.25, 0.3) is 0 Å². The molecule has 1 N–H and O–H groups in total. The number of hydrogen-bond acceptors (Lipinski definition) is 5. The lowest BCUT2D eigenvalue weighted by Gasteiger charge is -2.35. The second kappa shape index (κ2) is 7.96. The molecule has 8 nitrogen and oxygen atoms in total. The summed E-state index contributed by atoms with van der Waals surface area (Å²) in [5, 5.41) is 13.8. The Bertz CT molecular complexity index is 674. The minimum Gasteiger partial charge on any atom is -0.478 e. The molecule has 1 aliphatic heterocycles. The van der Waals surface area contributed by atoms with Gasteiger partial charge in [-0.1, -0.05) is 27.2 Å². The fraction of sp³-hybridized carbons (Fsp3) is 0.529. The minimum absolute atomic E-state index is 0.122. The molecule has 0 spiro atoms. The largest absolute Gasteiger partial charge is 0.478 e. The number of fused-ring (bicyclic) bond motifs is 1. The van der Waals surface area contributed by atoms with Gasteiger partial charge in [-0.25, -0.2) is 0 Å². The lowest BCUT2D eigenvalue weighted by Crippen LogP contribution is -2.51. The summed E-state index contributed by atoms with van der Waals surface area (Å²) in [7, 11) is 0. The van der Waals surface area contributed by atoms with Crippen molar-refractivity contribution in [2.75, 3.05) is 18.0 Å². The average molecular weight is 349 g/mol. The van der Waals surface area contributed by atoms with Gasteiger partial charge in [0.1, 0.15) is 6.54 Å². The molecule has 2 amide bonds. The molecule has 2 rings (SSSR count). The van der Waals surface area contributed by atoms with Crippen molar-refractivity contribution in [2.24, 2.45) is 5.92 Å². The van der Waals surface area contributed by atoms with Gasteiger partial charge >= 0.3 is 0 Å². The molecule has 1 aromatic rings. The molecule has 0 fully saturated rings. The first-order valence-electron chi connectivity index (χ1n) is 8.38. The topological polar surface area (TPSA) is 102 Å². The van der Waals surface area contributed by atoms with Crippen molar-refractivity contribution in [1.82, 2.24) is 5.32 Å². The maximum Gasteiger partial charge on any atom is 0.273 e. The number of unbranched alkanes of at least 4 members (excludes halogenated alkanes) is 1. The van der Waals surface area contributed by atoms with Crippen molar-refractivity contribution >= 4 is 23.2 Å². The van der Waals surface area contributed by atoms with Gasteiger partial charge in [-0.15, -0.1) is 0 Å². The first-order chi connectivity index (χ1) is 11.8. The predicted octanol–water partition coefficient (Wildman–Crippen LogP) is 2.26. The number of carbonyl (C=O) groups excluding carboxylic acids is 2. The Morgan fingerprint density at radius 1 is 1.44 bits per heavy atom. The smallest absolute Gasteiger partial charge is 0.273 e. The second-order valence-electron chi connectivity index (χ2n) is 6.32. The van der Waals surface area contributed by atoms with Gasteiger partial charge in [0.05, 0.1) is 16.7 Å². The maximum atomic E-state index is 12.7. The number of amides is 2. The zero-order valence-electron chi connectivity index (χ0n) is 14.7. The fourth-order valence-electron chi connectivity index (χ4n) is 2.58. The third kappa shape index (κ3) is 4.26. The van der Waals surface area contributed by atoms with Gasteiger partial charge in [0.2, 0.25) is 5.91 Å². The van der Waals surface area contributed by atoms with Crippen molar-refractivity contribution in [2.45, 2.75) is 39.7 Å². The highest BCUT2D eigenvalue weighted by Gasteiger charge is 2.37. The molecular weight excluding hydrogens is 326 g/mol. The number of anilines is 1. The molecule has 1 aliphatic rings. The lowest BCUT2D eigenvalue weighted by molar-refractivity contribution is -0.384. The van der Waals surface area contributed by atoms with Crippen LogP contribution in [-0.2, 0) is 9.59 Å². The molecule has 136 valence electrons. The SMILES string of the molecule is CCCCNC(=O)CN1C(=O)C(C(C)C)Oc2cc([N+](=O)[O-])ccc21. The summed E-state index contributed by atoms with van der Waals surface area (Å²) in [6.07, 6.45) is 1.04. The molecule has 1 unspecified atom stereocenters. The van der Waals surface area contributed by atoms with Gasteiger partial charge in [-0.05, 0) is 18.4 Å². The van der Waals surface area contributed by atoms with Gasteiger partial charge in [-0.2, -0.15) is 0 Å². The van der Waals surface area contributed by atoms with Crippen LogP contribution in [0.1, 0.15) is 33.6 Å². The number of hydrogen-bond donors (Lipinski definition) is 1. The minimum atomic E-state index is -0.780. The molecule has 0 aliphatic carbocycles. The van der Waals surface area contributed by atoms with Crippen molar-refractivity contribution in [3.8, 4) is 5.75 Å². The predicted molar refractivity (Wildman–Crippen MR) is 92.6 cm³/mol. The average Bonchev–Trinajstić information content (AvgIpc) is 2.56. The number of non-ortho nitro benzene ring substituents is 1. The highest BCUT2D eigenvalue weighted by Crippen LogP contribution is 2.38. The molecular formula is C17H23N3O5. The third-order valence-electron chi connectivity index (χ3n) is 3.97. The normalized spacial score (nSPS) is 16.4. The van der Waals surface area contributed by atoms with E-state index in [0.29, 0.717) is 12.2 Å². The first kappa shape index (κ1) is 18.7. The van der Waals surface area contributed by atoms with Gasteiger partial charge in [-0.3, -0.25) is 24.6 Å². The Balaban J connectivity index is 2.29. The van der Waals surface area contributed by atoms with E-state index < -0.39 is 11.0 Å². The molecule has 0 aromatic heterocycles. The fourth-order valence-corrected chi connectivity index (χ4v) is 2.58. The highest BCUT2D eigenvalue weighted by atomic mass is 16.6. The number of nitro benzene ring substituents is 1. The molecule has 0 saturated heterocycles. The van der Waals surface area contributed by atoms with E-state index in [-0.39, 0.29) is 35.7 Å². The number of carbonyl (C=O) groups is 2. The van der Waals surface area contributed by atoms with Crippen LogP contribution in [0.15, 0.2) is 18.2 Å². The van der Waals surface area contributed by atoms with Crippen molar-refractivity contribution in [3.05, 3.63) is 28.3 Å². The number of ether oxygens (including phenoxy) is 1. The number of rotatable bonds is 7. The van der Waals surface area contributed by atoms with Crippen LogP contribution in [-0.4, -0.2) is 35.9 Å². The van der Waals surface area contributed by atoms with Crippen LogP contribution in [0.5, 0.6) is 5.75 Å². The Hall–Kier alpha value is -2.64. The quantitative estimate of drug-likeness (QED) is 0.462. The molecule has 1 atom stereocenters. The van der Waals surface area contributed by atoms with E-state index in [0.717, 1.165) is 12.8 Å². The Kier molecular flexibility index (Phi) is 5.95. The summed E-state index contributed by atoms with van der Waals surface area (Å²) in [6.45, 7) is 6.08. The van der Waals surface area contributed by atoms with E-state index >= 15 is 0 Å². The summed E-state index contributed by atoms with van der Waals surface area (Å²) in [6, 6.07) is 4.04. The third-order valence-corrected chi connectivity index (χ3v) is 3.97. The standard InChI is InChI=1S/C17H23N3O5/c1-4-5-8-18-15(21)10-19-13-7-6-12(20(23)24)9-14(13)25-16(11(2)3)17(19)22/h6-7,9,11,16H,4-5,8,10H2,1-3H3,(H,18,21). The molecule has 25 heavy (non-hydrogen) atoms. The van der Waals surface area contributed by atoms with Crippen LogP contribution in [0.3, 0.4) is 0 Å².